The molecule has 0 fully saturated rings. The van der Waals surface area contributed by atoms with Crippen molar-refractivity contribution in [3.63, 3.8) is 0 Å². The van der Waals surface area contributed by atoms with Gasteiger partial charge in [-0.05, 0) is 12.0 Å². The summed E-state index contributed by atoms with van der Waals surface area (Å²) >= 11 is 0. The van der Waals surface area contributed by atoms with Crippen LogP contribution < -0.4 is 0 Å². The number of hydrogen-bond acceptors (Lipinski definition) is 3. The minimum atomic E-state index is -5.26. The predicted octanol–water partition coefficient (Wildman–Crippen LogP) is 0.650. The van der Waals surface area contributed by atoms with E-state index in [-0.39, 0.29) is 0 Å². The molecule has 0 aromatic rings. The first kappa shape index (κ1) is 10.6. The molecule has 0 radical (unpaired) electrons. The van der Waals surface area contributed by atoms with Gasteiger partial charge in [-0.1, -0.05) is 0 Å². The summed E-state index contributed by atoms with van der Waals surface area (Å²) in [7, 11) is -3.43. The molecule has 1 unspecified atom stereocenters. The van der Waals surface area contributed by atoms with Crippen molar-refractivity contribution < 1.29 is 26.1 Å². The van der Waals surface area contributed by atoms with Crippen LogP contribution in [0, 0.1) is 0 Å². The van der Waals surface area contributed by atoms with Gasteiger partial charge in [-0.3, -0.25) is 0 Å². The highest BCUT2D eigenvalue weighted by molar-refractivity contribution is 7.73. The number of alkyl halides is 3. The Bertz CT molecular complexity index is 192. The Hall–Kier alpha value is -0.370. The van der Waals surface area contributed by atoms with Crippen LogP contribution in [0.2, 0.25) is 0 Å². The highest BCUT2D eigenvalue weighted by atomic mass is 32.2. The molecule has 0 saturated heterocycles. The van der Waals surface area contributed by atoms with Crippen LogP contribution in [0.3, 0.4) is 0 Å². The van der Waals surface area contributed by atoms with Crippen molar-refractivity contribution >= 4 is 10.7 Å². The van der Waals surface area contributed by atoms with Gasteiger partial charge in [0.05, 0.1) is 0 Å². The second-order valence-corrected chi connectivity index (χ2v) is 3.01. The molecule has 0 N–H and O–H groups in total. The molecule has 0 saturated carbocycles. The third-order valence-corrected chi connectivity index (χ3v) is 1.69. The molecule has 0 heterocycles. The van der Waals surface area contributed by atoms with Crippen LogP contribution >= 0.6 is 0 Å². The maximum Gasteiger partial charge on any atom is 0.488 e. The molecule has 0 aliphatic heterocycles. The summed E-state index contributed by atoms with van der Waals surface area (Å²) in [6.45, 7) is 0.596. The zero-order chi connectivity index (χ0) is 9.23. The van der Waals surface area contributed by atoms with Gasteiger partial charge in [0.2, 0.25) is 0 Å². The number of hydrogen-bond donors (Lipinski definition) is 1. The van der Waals surface area contributed by atoms with Crippen LogP contribution in [0.5, 0.6) is 0 Å². The lowest BCUT2D eigenvalue weighted by Crippen LogP contribution is -2.38. The summed E-state index contributed by atoms with van der Waals surface area (Å²) < 4.78 is 65.6. The molecule has 8 heteroatoms. The molecule has 68 valence electrons. The van der Waals surface area contributed by atoms with Gasteiger partial charge in [0.1, 0.15) is 5.37 Å². The van der Waals surface area contributed by atoms with E-state index in [9.17, 15) is 26.1 Å². The van der Waals surface area contributed by atoms with Gasteiger partial charge in [-0.25, -0.2) is 8.42 Å². The minimum absolute atomic E-state index is 0.596. The fraction of sp³-hybridized carbons (Fsp3) is 1.00. The van der Waals surface area contributed by atoms with Gasteiger partial charge >= 0.3 is 6.30 Å². The normalized spacial score (nSPS) is 15.9. The molecule has 3 nitrogen and oxygen atoms in total. The van der Waals surface area contributed by atoms with E-state index < -0.39 is 27.5 Å². The van der Waals surface area contributed by atoms with E-state index in [2.05, 4.69) is 0 Å². The van der Waals surface area contributed by atoms with Crippen LogP contribution in [-0.2, 0) is 10.7 Å². The number of thiol groups is 1. The second-order valence-electron chi connectivity index (χ2n) is 1.70. The maximum absolute atomic E-state index is 11.9. The molecule has 0 amide bonds. The van der Waals surface area contributed by atoms with Crippen molar-refractivity contribution in [2.45, 2.75) is 18.6 Å². The van der Waals surface area contributed by atoms with Gasteiger partial charge in [0.25, 0.3) is 0 Å². The largest absolute Gasteiger partial charge is 0.488 e. The number of rotatable bonds is 2. The Morgan fingerprint density at radius 3 is 1.82 bits per heavy atom. The van der Waals surface area contributed by atoms with Gasteiger partial charge in [-0.15, -0.1) is 4.48 Å². The smallest absolute Gasteiger partial charge is 0.230 e. The lowest BCUT2D eigenvalue weighted by Gasteiger charge is -2.16. The first-order valence-corrected chi connectivity index (χ1v) is 3.67. The van der Waals surface area contributed by atoms with Crippen molar-refractivity contribution in [2.24, 2.45) is 0 Å². The van der Waals surface area contributed by atoms with E-state index in [0.717, 1.165) is 0 Å². The highest BCUT2D eigenvalue weighted by Gasteiger charge is 2.42. The van der Waals surface area contributed by atoms with E-state index in [1.165, 1.54) is 0 Å². The number of nitrogens with zero attached hydrogens (tertiary/aromatic N) is 1. The third kappa shape index (κ3) is 3.02. The van der Waals surface area contributed by atoms with Gasteiger partial charge < -0.3 is 0 Å². The van der Waals surface area contributed by atoms with Gasteiger partial charge in [0, 0.05) is 0 Å². The molecule has 0 aromatic carbocycles. The third-order valence-electron chi connectivity index (χ3n) is 0.875. The van der Waals surface area contributed by atoms with Crippen molar-refractivity contribution in [2.75, 3.05) is 0 Å². The molecule has 0 rings (SSSR count). The number of halogens is 4. The van der Waals surface area contributed by atoms with Gasteiger partial charge in [0.15, 0.2) is 10.7 Å². The van der Waals surface area contributed by atoms with Crippen molar-refractivity contribution in [1.29, 1.82) is 0 Å². The SMILES string of the molecule is CC(N(F)C(F)(F)F)[SH](=O)=O. The second kappa shape index (κ2) is 3.35. The van der Waals surface area contributed by atoms with Crippen LogP contribution in [0.4, 0.5) is 17.7 Å². The molecular formula is C3H5F4NO2S. The minimum Gasteiger partial charge on any atom is -0.230 e. The van der Waals surface area contributed by atoms with E-state index in [1.807, 2.05) is 0 Å². The Kier molecular flexibility index (Phi) is 3.24. The Balaban J connectivity index is 4.37. The molecule has 11 heavy (non-hydrogen) atoms. The summed E-state index contributed by atoms with van der Waals surface area (Å²) in [6, 6.07) is 0. The molecule has 0 aliphatic carbocycles. The van der Waals surface area contributed by atoms with E-state index in [0.29, 0.717) is 6.92 Å². The fourth-order valence-electron chi connectivity index (χ4n) is 0.295. The zero-order valence-electron chi connectivity index (χ0n) is 5.30. The summed E-state index contributed by atoms with van der Waals surface area (Å²) in [5.41, 5.74) is 0. The lowest BCUT2D eigenvalue weighted by atomic mass is 10.7. The highest BCUT2D eigenvalue weighted by Crippen LogP contribution is 2.23. The van der Waals surface area contributed by atoms with Gasteiger partial charge in [-0.2, -0.15) is 13.2 Å². The Morgan fingerprint density at radius 1 is 1.36 bits per heavy atom. The van der Waals surface area contributed by atoms with Crippen molar-refractivity contribution in [3.8, 4) is 0 Å². The lowest BCUT2D eigenvalue weighted by molar-refractivity contribution is -0.315. The summed E-state index contributed by atoms with van der Waals surface area (Å²) in [4.78, 5) is 0. The van der Waals surface area contributed by atoms with Crippen LogP contribution in [-0.4, -0.2) is 25.2 Å². The predicted molar refractivity (Wildman–Crippen MR) is 28.8 cm³/mol. The molecular weight excluding hydrogens is 190 g/mol. The average Bonchev–Trinajstić information content (AvgIpc) is 1.82. The van der Waals surface area contributed by atoms with Crippen molar-refractivity contribution in [1.82, 2.24) is 5.12 Å². The summed E-state index contributed by atoms with van der Waals surface area (Å²) in [6.07, 6.45) is -5.26. The Labute approximate surface area is 61.5 Å². The van der Waals surface area contributed by atoms with Crippen LogP contribution in [0.25, 0.3) is 0 Å². The molecule has 0 aromatic heterocycles. The average molecular weight is 195 g/mol. The van der Waals surface area contributed by atoms with Crippen LogP contribution in [0.1, 0.15) is 6.92 Å². The zero-order valence-corrected chi connectivity index (χ0v) is 6.19. The Morgan fingerprint density at radius 2 is 1.73 bits per heavy atom. The molecule has 1 atom stereocenters. The van der Waals surface area contributed by atoms with Crippen molar-refractivity contribution in [3.05, 3.63) is 0 Å². The quantitative estimate of drug-likeness (QED) is 0.304. The first-order valence-electron chi connectivity index (χ1n) is 2.42. The van der Waals surface area contributed by atoms with Crippen LogP contribution in [0.15, 0.2) is 0 Å². The summed E-state index contributed by atoms with van der Waals surface area (Å²) in [5, 5.41) is -3.84. The maximum atomic E-state index is 11.9. The monoisotopic (exact) mass is 195 g/mol. The van der Waals surface area contributed by atoms with E-state index >= 15 is 0 Å². The molecule has 0 spiro atoms. The fourth-order valence-corrected chi connectivity index (χ4v) is 0.591. The first-order chi connectivity index (χ1) is 4.76. The molecule has 0 bridgehead atoms. The topological polar surface area (TPSA) is 37.4 Å². The van der Waals surface area contributed by atoms with E-state index in [1.54, 1.807) is 0 Å². The summed E-state index contributed by atoms with van der Waals surface area (Å²) in [5.74, 6) is 0. The standard InChI is InChI=1S/C3H5F4NO2S/c1-2(11(9)10)8(7)3(4,5)6/h2,11H,1H3. The van der Waals surface area contributed by atoms with E-state index in [4.69, 9.17) is 0 Å². The molecule has 0 aliphatic rings.